The first kappa shape index (κ1) is 7.13. The van der Waals surface area contributed by atoms with Crippen molar-refractivity contribution in [2.24, 2.45) is 0 Å². The summed E-state index contributed by atoms with van der Waals surface area (Å²) >= 11 is 0. The van der Waals surface area contributed by atoms with Crippen LogP contribution in [-0.2, 0) is 0 Å². The summed E-state index contributed by atoms with van der Waals surface area (Å²) in [6, 6.07) is 8.29. The standard InChI is InChI=1S/C9H11O/c1-7(2)8-4-3-5-9(10)6-8/h3-5,7,10H,1-2H3. The molecule has 0 heterocycles. The number of phenolic OH excluding ortho intramolecular Hbond substituents is 1. The van der Waals surface area contributed by atoms with Gasteiger partial charge in [-0.3, -0.25) is 0 Å². The fourth-order valence-electron chi connectivity index (χ4n) is 0.811. The zero-order valence-electron chi connectivity index (χ0n) is 6.26. The third-order valence-corrected chi connectivity index (χ3v) is 1.42. The first-order chi connectivity index (χ1) is 4.70. The van der Waals surface area contributed by atoms with Crippen LogP contribution in [0.15, 0.2) is 18.2 Å². The quantitative estimate of drug-likeness (QED) is 0.626. The molecule has 1 radical (unpaired) electrons. The molecule has 1 nitrogen and oxygen atoms in total. The van der Waals surface area contributed by atoms with Crippen molar-refractivity contribution in [3.05, 3.63) is 29.8 Å². The third-order valence-electron chi connectivity index (χ3n) is 1.42. The second-order valence-corrected chi connectivity index (χ2v) is 2.65. The van der Waals surface area contributed by atoms with Gasteiger partial charge >= 0.3 is 0 Å². The normalized spacial score (nSPS) is 10.3. The third kappa shape index (κ3) is 1.50. The highest BCUT2D eigenvalue weighted by Gasteiger charge is 1.98. The molecular weight excluding hydrogens is 124 g/mol. The van der Waals surface area contributed by atoms with Crippen LogP contribution < -0.4 is 0 Å². The van der Waals surface area contributed by atoms with Crippen LogP contribution in [0.2, 0.25) is 0 Å². The Bertz CT molecular complexity index is 216. The number of aromatic hydroxyl groups is 1. The maximum Gasteiger partial charge on any atom is 0.123 e. The van der Waals surface area contributed by atoms with Gasteiger partial charge in [0.2, 0.25) is 0 Å². The second-order valence-electron chi connectivity index (χ2n) is 2.65. The van der Waals surface area contributed by atoms with Crippen molar-refractivity contribution in [2.45, 2.75) is 19.8 Å². The molecule has 0 saturated heterocycles. The van der Waals surface area contributed by atoms with Crippen molar-refractivity contribution >= 4 is 0 Å². The topological polar surface area (TPSA) is 20.2 Å². The van der Waals surface area contributed by atoms with Crippen LogP contribution in [-0.4, -0.2) is 5.11 Å². The Kier molecular flexibility index (Phi) is 1.95. The van der Waals surface area contributed by atoms with E-state index in [9.17, 15) is 0 Å². The van der Waals surface area contributed by atoms with Gasteiger partial charge in [-0.05, 0) is 17.5 Å². The number of rotatable bonds is 1. The molecule has 0 fully saturated rings. The van der Waals surface area contributed by atoms with Crippen molar-refractivity contribution in [3.63, 3.8) is 0 Å². The lowest BCUT2D eigenvalue weighted by molar-refractivity contribution is 0.473. The average Bonchev–Trinajstić information content (AvgIpc) is 1.88. The summed E-state index contributed by atoms with van der Waals surface area (Å²) in [5.41, 5.74) is 1.06. The van der Waals surface area contributed by atoms with Gasteiger partial charge in [-0.25, -0.2) is 0 Å². The molecule has 10 heavy (non-hydrogen) atoms. The van der Waals surface area contributed by atoms with Crippen LogP contribution in [0.4, 0.5) is 0 Å². The maximum atomic E-state index is 9.01. The molecule has 0 atom stereocenters. The molecule has 0 bridgehead atoms. The van der Waals surface area contributed by atoms with Crippen molar-refractivity contribution in [3.8, 4) is 5.75 Å². The minimum absolute atomic E-state index is 0.228. The van der Waals surface area contributed by atoms with Crippen LogP contribution in [0.5, 0.6) is 5.75 Å². The van der Waals surface area contributed by atoms with Gasteiger partial charge < -0.3 is 5.11 Å². The molecule has 0 saturated carbocycles. The van der Waals surface area contributed by atoms with E-state index in [1.807, 2.05) is 12.1 Å². The van der Waals surface area contributed by atoms with Crippen molar-refractivity contribution in [1.29, 1.82) is 0 Å². The molecule has 1 heteroatoms. The highest BCUT2D eigenvalue weighted by atomic mass is 16.3. The Balaban J connectivity index is 2.96. The Morgan fingerprint density at radius 2 is 2.10 bits per heavy atom. The lowest BCUT2D eigenvalue weighted by Crippen LogP contribution is -1.85. The van der Waals surface area contributed by atoms with Crippen molar-refractivity contribution < 1.29 is 5.11 Å². The Morgan fingerprint density at radius 3 is 2.50 bits per heavy atom. The fraction of sp³-hybridized carbons (Fsp3) is 0.333. The molecule has 0 spiro atoms. The molecule has 0 amide bonds. The van der Waals surface area contributed by atoms with E-state index in [0.29, 0.717) is 5.92 Å². The summed E-state index contributed by atoms with van der Waals surface area (Å²) in [6.07, 6.45) is 0. The molecule has 1 aromatic rings. The summed E-state index contributed by atoms with van der Waals surface area (Å²) < 4.78 is 0. The van der Waals surface area contributed by atoms with Gasteiger partial charge in [0.1, 0.15) is 5.75 Å². The summed E-state index contributed by atoms with van der Waals surface area (Å²) in [5.74, 6) is 0.665. The van der Waals surface area contributed by atoms with E-state index in [0.717, 1.165) is 5.56 Å². The van der Waals surface area contributed by atoms with E-state index in [1.165, 1.54) is 0 Å². The summed E-state index contributed by atoms with van der Waals surface area (Å²) in [6.45, 7) is 4.15. The Morgan fingerprint density at radius 1 is 1.40 bits per heavy atom. The zero-order chi connectivity index (χ0) is 7.56. The molecule has 0 unspecified atom stereocenters. The van der Waals surface area contributed by atoms with Gasteiger partial charge in [0.25, 0.3) is 0 Å². The van der Waals surface area contributed by atoms with Crippen LogP contribution in [0.25, 0.3) is 0 Å². The molecule has 0 aliphatic rings. The molecule has 53 valence electrons. The minimum atomic E-state index is 0.228. The lowest BCUT2D eigenvalue weighted by Gasteiger charge is -2.02. The van der Waals surface area contributed by atoms with E-state index in [-0.39, 0.29) is 5.75 Å². The van der Waals surface area contributed by atoms with Gasteiger partial charge in [0, 0.05) is 6.07 Å². The van der Waals surface area contributed by atoms with Gasteiger partial charge in [-0.2, -0.15) is 0 Å². The van der Waals surface area contributed by atoms with E-state index in [1.54, 1.807) is 6.07 Å². The van der Waals surface area contributed by atoms with E-state index >= 15 is 0 Å². The van der Waals surface area contributed by atoms with Crippen molar-refractivity contribution in [2.75, 3.05) is 0 Å². The maximum absolute atomic E-state index is 9.01. The first-order valence-corrected chi connectivity index (χ1v) is 3.41. The smallest absolute Gasteiger partial charge is 0.123 e. The van der Waals surface area contributed by atoms with Crippen LogP contribution >= 0.6 is 0 Å². The molecule has 0 aliphatic heterocycles. The molecule has 1 rings (SSSR count). The monoisotopic (exact) mass is 135 g/mol. The van der Waals surface area contributed by atoms with Crippen LogP contribution in [0.1, 0.15) is 25.3 Å². The SMILES string of the molecule is CC(C)c1[c]c(O)ccc1. The number of hydrogen-bond donors (Lipinski definition) is 1. The predicted octanol–water partition coefficient (Wildman–Crippen LogP) is 2.32. The molecule has 1 aromatic carbocycles. The molecule has 1 N–H and O–H groups in total. The van der Waals surface area contributed by atoms with Gasteiger partial charge in [-0.1, -0.05) is 26.0 Å². The zero-order valence-corrected chi connectivity index (χ0v) is 6.26. The summed E-state index contributed by atoms with van der Waals surface area (Å²) in [4.78, 5) is 0. The molecular formula is C9H11O. The predicted molar refractivity (Wildman–Crippen MR) is 41.0 cm³/mol. The largest absolute Gasteiger partial charge is 0.507 e. The first-order valence-electron chi connectivity index (χ1n) is 3.41. The number of benzene rings is 1. The van der Waals surface area contributed by atoms with Gasteiger partial charge in [-0.15, -0.1) is 0 Å². The Hall–Kier alpha value is -0.980. The lowest BCUT2D eigenvalue weighted by atomic mass is 10.0. The minimum Gasteiger partial charge on any atom is -0.507 e. The summed E-state index contributed by atoms with van der Waals surface area (Å²) in [5, 5.41) is 9.01. The van der Waals surface area contributed by atoms with Crippen LogP contribution in [0.3, 0.4) is 0 Å². The van der Waals surface area contributed by atoms with Crippen molar-refractivity contribution in [1.82, 2.24) is 0 Å². The fourth-order valence-corrected chi connectivity index (χ4v) is 0.811. The van der Waals surface area contributed by atoms with Gasteiger partial charge in [0.15, 0.2) is 0 Å². The summed E-state index contributed by atoms with van der Waals surface area (Å²) in [7, 11) is 0. The van der Waals surface area contributed by atoms with E-state index in [4.69, 9.17) is 5.11 Å². The van der Waals surface area contributed by atoms with Gasteiger partial charge in [0.05, 0.1) is 0 Å². The molecule has 0 aliphatic carbocycles. The highest BCUT2D eigenvalue weighted by Crippen LogP contribution is 2.17. The van der Waals surface area contributed by atoms with Crippen LogP contribution in [0, 0.1) is 6.07 Å². The molecule has 0 aromatic heterocycles. The number of phenols is 1. The highest BCUT2D eigenvalue weighted by molar-refractivity contribution is 5.27. The van der Waals surface area contributed by atoms with E-state index < -0.39 is 0 Å². The number of hydrogen-bond acceptors (Lipinski definition) is 1. The Labute approximate surface area is 61.3 Å². The average molecular weight is 135 g/mol. The van der Waals surface area contributed by atoms with E-state index in [2.05, 4.69) is 19.9 Å². The second kappa shape index (κ2) is 2.74.